The lowest BCUT2D eigenvalue weighted by Crippen LogP contribution is -2.32. The molecule has 174 valence electrons. The van der Waals surface area contributed by atoms with Crippen molar-refractivity contribution >= 4 is 17.9 Å². The van der Waals surface area contributed by atoms with Crippen molar-refractivity contribution in [1.82, 2.24) is 15.1 Å². The summed E-state index contributed by atoms with van der Waals surface area (Å²) in [6, 6.07) is 4.15. The van der Waals surface area contributed by atoms with Gasteiger partial charge in [-0.2, -0.15) is 0 Å². The van der Waals surface area contributed by atoms with Crippen LogP contribution in [0.15, 0.2) is 64.6 Å². The van der Waals surface area contributed by atoms with Crippen LogP contribution in [0.3, 0.4) is 0 Å². The Morgan fingerprint density at radius 3 is 2.76 bits per heavy atom. The molecule has 7 heteroatoms. The number of dihydropyridines is 1. The van der Waals surface area contributed by atoms with E-state index in [4.69, 9.17) is 4.99 Å². The molecule has 5 rings (SSSR count). The van der Waals surface area contributed by atoms with Gasteiger partial charge >= 0.3 is 0 Å². The van der Waals surface area contributed by atoms with E-state index in [9.17, 15) is 4.39 Å². The SMILES string of the molecule is FC1=CC([C@H]2CCCN2c2ccc(N/C=C/CC3=CCC(N4CCCC4)N=C3)nn2)=CCC1. The molecule has 0 spiro atoms. The molecular weight excluding hydrogens is 415 g/mol. The number of halogens is 1. The molecule has 2 atom stereocenters. The van der Waals surface area contributed by atoms with Gasteiger partial charge in [-0.1, -0.05) is 18.2 Å². The molecule has 1 unspecified atom stereocenters. The van der Waals surface area contributed by atoms with Gasteiger partial charge in [-0.15, -0.1) is 10.2 Å². The highest BCUT2D eigenvalue weighted by Crippen LogP contribution is 2.32. The van der Waals surface area contributed by atoms with Crippen molar-refractivity contribution in [1.29, 1.82) is 0 Å². The van der Waals surface area contributed by atoms with Crippen LogP contribution in [0.1, 0.15) is 51.4 Å². The van der Waals surface area contributed by atoms with Crippen molar-refractivity contribution in [2.75, 3.05) is 29.9 Å². The molecule has 1 aromatic rings. The van der Waals surface area contributed by atoms with Crippen LogP contribution in [0.2, 0.25) is 0 Å². The zero-order valence-electron chi connectivity index (χ0n) is 19.2. The quantitative estimate of drug-likeness (QED) is 0.625. The Morgan fingerprint density at radius 1 is 1.09 bits per heavy atom. The van der Waals surface area contributed by atoms with Gasteiger partial charge in [-0.05, 0) is 74.1 Å². The molecule has 4 aliphatic rings. The maximum absolute atomic E-state index is 13.8. The summed E-state index contributed by atoms with van der Waals surface area (Å²) in [5, 5.41) is 12.0. The van der Waals surface area contributed by atoms with Crippen LogP contribution in [0, 0.1) is 0 Å². The molecule has 0 amide bonds. The van der Waals surface area contributed by atoms with Gasteiger partial charge in [0.05, 0.1) is 6.04 Å². The van der Waals surface area contributed by atoms with Gasteiger partial charge in [0.25, 0.3) is 0 Å². The lowest BCUT2D eigenvalue weighted by atomic mass is 9.98. The van der Waals surface area contributed by atoms with Crippen LogP contribution in [-0.4, -0.2) is 53.2 Å². The van der Waals surface area contributed by atoms with Gasteiger partial charge < -0.3 is 10.2 Å². The summed E-state index contributed by atoms with van der Waals surface area (Å²) in [5.74, 6) is 1.55. The van der Waals surface area contributed by atoms with Crippen molar-refractivity contribution in [3.05, 3.63) is 59.6 Å². The van der Waals surface area contributed by atoms with Crippen LogP contribution < -0.4 is 10.2 Å². The van der Waals surface area contributed by atoms with Crippen molar-refractivity contribution < 1.29 is 4.39 Å². The van der Waals surface area contributed by atoms with Gasteiger partial charge in [0.15, 0.2) is 11.6 Å². The monoisotopic (exact) mass is 448 g/mol. The second-order valence-electron chi connectivity index (χ2n) is 9.23. The van der Waals surface area contributed by atoms with Gasteiger partial charge in [0.2, 0.25) is 0 Å². The van der Waals surface area contributed by atoms with Gasteiger partial charge in [-0.25, -0.2) is 4.39 Å². The number of likely N-dealkylation sites (tertiary alicyclic amines) is 1. The first kappa shape index (κ1) is 22.0. The van der Waals surface area contributed by atoms with Crippen molar-refractivity contribution in [2.24, 2.45) is 4.99 Å². The average molecular weight is 449 g/mol. The molecule has 0 bridgehead atoms. The topological polar surface area (TPSA) is 56.6 Å². The standard InChI is InChI=1S/C26H33FN6/c27-22-8-3-7-21(18-22)23-9-5-17-33(23)26-13-11-24(30-31-26)28-14-4-6-20-10-12-25(29-19-20)32-15-1-2-16-32/h4,7,10-11,13-14,18-19,23,25H,1-3,5-6,8-9,12,15-17H2,(H,28,30)/b14-4+/t23-,25?/m1/s1. The lowest BCUT2D eigenvalue weighted by Gasteiger charge is -2.27. The van der Waals surface area contributed by atoms with Gasteiger partial charge in [-0.3, -0.25) is 9.89 Å². The van der Waals surface area contributed by atoms with E-state index in [2.05, 4.69) is 43.5 Å². The van der Waals surface area contributed by atoms with Crippen molar-refractivity contribution in [3.63, 3.8) is 0 Å². The third-order valence-electron chi connectivity index (χ3n) is 6.94. The third kappa shape index (κ3) is 5.41. The fourth-order valence-corrected chi connectivity index (χ4v) is 5.17. The second-order valence-corrected chi connectivity index (χ2v) is 9.23. The molecule has 3 aliphatic heterocycles. The zero-order valence-corrected chi connectivity index (χ0v) is 19.2. The first-order valence-electron chi connectivity index (χ1n) is 12.3. The Hall–Kier alpha value is -2.80. The van der Waals surface area contributed by atoms with E-state index >= 15 is 0 Å². The summed E-state index contributed by atoms with van der Waals surface area (Å²) in [7, 11) is 0. The smallest absolute Gasteiger partial charge is 0.152 e. The van der Waals surface area contributed by atoms with Crippen LogP contribution in [0.25, 0.3) is 0 Å². The number of nitrogens with zero attached hydrogens (tertiary/aromatic N) is 5. The first-order valence-corrected chi connectivity index (χ1v) is 12.3. The highest BCUT2D eigenvalue weighted by Gasteiger charge is 2.29. The van der Waals surface area contributed by atoms with Crippen LogP contribution >= 0.6 is 0 Å². The van der Waals surface area contributed by atoms with Crippen LogP contribution in [0.5, 0.6) is 0 Å². The third-order valence-corrected chi connectivity index (χ3v) is 6.94. The molecule has 1 aromatic heterocycles. The number of anilines is 2. The van der Waals surface area contributed by atoms with E-state index in [0.717, 1.165) is 50.0 Å². The Kier molecular flexibility index (Phi) is 6.95. The van der Waals surface area contributed by atoms with Crippen molar-refractivity contribution in [2.45, 2.75) is 63.6 Å². The number of aromatic nitrogens is 2. The molecule has 6 nitrogen and oxygen atoms in total. The van der Waals surface area contributed by atoms with E-state index in [0.29, 0.717) is 18.4 Å². The minimum Gasteiger partial charge on any atom is -0.348 e. The maximum Gasteiger partial charge on any atom is 0.152 e. The van der Waals surface area contributed by atoms with E-state index in [-0.39, 0.29) is 11.9 Å². The van der Waals surface area contributed by atoms with E-state index in [1.165, 1.54) is 31.5 Å². The number of aliphatic imine (C=N–C) groups is 1. The second kappa shape index (κ2) is 10.4. The molecule has 1 aliphatic carbocycles. The van der Waals surface area contributed by atoms with E-state index in [1.807, 2.05) is 24.5 Å². The predicted molar refractivity (Wildman–Crippen MR) is 132 cm³/mol. The normalized spacial score (nSPS) is 26.0. The Morgan fingerprint density at radius 2 is 2.00 bits per heavy atom. The van der Waals surface area contributed by atoms with Gasteiger partial charge in [0.1, 0.15) is 12.0 Å². The predicted octanol–water partition coefficient (Wildman–Crippen LogP) is 5.16. The molecule has 2 fully saturated rings. The van der Waals surface area contributed by atoms with Crippen LogP contribution in [0.4, 0.5) is 16.0 Å². The largest absolute Gasteiger partial charge is 0.348 e. The summed E-state index contributed by atoms with van der Waals surface area (Å²) >= 11 is 0. The summed E-state index contributed by atoms with van der Waals surface area (Å²) < 4.78 is 13.8. The number of hydrogen-bond donors (Lipinski definition) is 1. The number of hydrogen-bond acceptors (Lipinski definition) is 6. The minimum absolute atomic E-state index is 0.0153. The Bertz CT molecular complexity index is 971. The summed E-state index contributed by atoms with van der Waals surface area (Å²) in [6.07, 6.45) is 20.4. The lowest BCUT2D eigenvalue weighted by molar-refractivity contribution is 0.250. The minimum atomic E-state index is -0.0153. The summed E-state index contributed by atoms with van der Waals surface area (Å²) in [5.41, 5.74) is 2.34. The molecule has 2 saturated heterocycles. The number of nitrogens with one attached hydrogen (secondary N) is 1. The molecule has 0 radical (unpaired) electrons. The average Bonchev–Trinajstić information content (AvgIpc) is 3.55. The maximum atomic E-state index is 13.8. The molecule has 1 N–H and O–H groups in total. The fraction of sp³-hybridized carbons (Fsp3) is 0.500. The van der Waals surface area contributed by atoms with E-state index < -0.39 is 0 Å². The first-order chi connectivity index (χ1) is 16.3. The Labute approximate surface area is 195 Å². The molecule has 0 saturated carbocycles. The molecule has 33 heavy (non-hydrogen) atoms. The van der Waals surface area contributed by atoms with Crippen molar-refractivity contribution in [3.8, 4) is 0 Å². The van der Waals surface area contributed by atoms with Gasteiger partial charge in [0, 0.05) is 38.7 Å². The van der Waals surface area contributed by atoms with Crippen LogP contribution in [-0.2, 0) is 0 Å². The fourth-order valence-electron chi connectivity index (χ4n) is 5.17. The van der Waals surface area contributed by atoms with E-state index in [1.54, 1.807) is 6.08 Å². The highest BCUT2D eigenvalue weighted by molar-refractivity contribution is 5.79. The summed E-state index contributed by atoms with van der Waals surface area (Å²) in [4.78, 5) is 9.47. The summed E-state index contributed by atoms with van der Waals surface area (Å²) in [6.45, 7) is 3.29. The number of allylic oxidation sites excluding steroid dienone is 4. The zero-order chi connectivity index (χ0) is 22.5. The number of rotatable bonds is 7. The highest BCUT2D eigenvalue weighted by atomic mass is 19.1. The Balaban J connectivity index is 1.11. The molecular formula is C26H33FN6. The molecule has 0 aromatic carbocycles. The molecule has 4 heterocycles.